The van der Waals surface area contributed by atoms with E-state index in [1.54, 1.807) is 0 Å². The molecule has 0 spiro atoms. The van der Waals surface area contributed by atoms with Crippen molar-refractivity contribution in [3.63, 3.8) is 0 Å². The van der Waals surface area contributed by atoms with Gasteiger partial charge in [0, 0.05) is 6.54 Å². The maximum absolute atomic E-state index is 13.0. The number of carbonyl (C=O) groups is 1. The summed E-state index contributed by atoms with van der Waals surface area (Å²) in [5.41, 5.74) is 4.69. The van der Waals surface area contributed by atoms with E-state index < -0.39 is 0 Å². The molecule has 0 bridgehead atoms. The average molecular weight is 482 g/mol. The molecule has 1 saturated heterocycles. The molecule has 0 N–H and O–H groups in total. The predicted molar refractivity (Wildman–Crippen MR) is 144 cm³/mol. The number of carbonyl (C=O) groups excluding carboxylic acids is 1. The summed E-state index contributed by atoms with van der Waals surface area (Å²) in [5, 5.41) is 0. The average Bonchev–Trinajstić information content (AvgIpc) is 3.33. The number of hydrogen-bond donors (Lipinski definition) is 0. The summed E-state index contributed by atoms with van der Waals surface area (Å²) in [6.45, 7) is 14.3. The van der Waals surface area contributed by atoms with Crippen LogP contribution >= 0.6 is 0 Å². The molecule has 4 nitrogen and oxygen atoms in total. The number of allylic oxidation sites excluding steroid dienone is 1. The molecule has 0 saturated carbocycles. The summed E-state index contributed by atoms with van der Waals surface area (Å²) < 4.78 is 12.8. The second-order valence-corrected chi connectivity index (χ2v) is 11.7. The number of ether oxygens (including phenoxy) is 2. The van der Waals surface area contributed by atoms with Crippen LogP contribution in [0.5, 0.6) is 11.5 Å². The molecule has 3 aliphatic rings. The van der Waals surface area contributed by atoms with Crippen LogP contribution in [0.15, 0.2) is 17.7 Å². The number of piperidine rings is 1. The fourth-order valence-electron chi connectivity index (χ4n) is 6.25. The van der Waals surface area contributed by atoms with E-state index >= 15 is 0 Å². The summed E-state index contributed by atoms with van der Waals surface area (Å²) in [6.07, 6.45) is 12.5. The smallest absolute Gasteiger partial charge is 0.312 e. The van der Waals surface area contributed by atoms with Crippen molar-refractivity contribution in [3.8, 4) is 11.5 Å². The Balaban J connectivity index is 1.60. The Morgan fingerprint density at radius 2 is 1.86 bits per heavy atom. The van der Waals surface area contributed by atoms with Crippen LogP contribution in [0.1, 0.15) is 122 Å². The van der Waals surface area contributed by atoms with Crippen LogP contribution in [0.25, 0.3) is 5.57 Å². The molecule has 35 heavy (non-hydrogen) atoms. The highest BCUT2D eigenvalue weighted by atomic mass is 16.5. The zero-order valence-corrected chi connectivity index (χ0v) is 22.9. The lowest BCUT2D eigenvalue weighted by Crippen LogP contribution is -2.34. The van der Waals surface area contributed by atoms with Crippen LogP contribution in [0.4, 0.5) is 0 Å². The SMILES string of the molecule is CCCCCC(C)C(C)c1cc(OC(=O)CCN2CCCCC2)c2c(c1)OC(C)(C)C1=C2CCC1. The van der Waals surface area contributed by atoms with Crippen molar-refractivity contribution in [2.75, 3.05) is 19.6 Å². The number of nitrogens with zero attached hydrogens (tertiary/aromatic N) is 1. The van der Waals surface area contributed by atoms with Crippen LogP contribution in [0.3, 0.4) is 0 Å². The lowest BCUT2D eigenvalue weighted by Gasteiger charge is -2.36. The first kappa shape index (κ1) is 26.3. The number of esters is 1. The van der Waals surface area contributed by atoms with E-state index in [-0.39, 0.29) is 11.6 Å². The minimum atomic E-state index is -0.303. The first-order chi connectivity index (χ1) is 16.8. The zero-order valence-electron chi connectivity index (χ0n) is 22.9. The summed E-state index contributed by atoms with van der Waals surface area (Å²) in [4.78, 5) is 15.4. The van der Waals surface area contributed by atoms with Crippen LogP contribution in [0, 0.1) is 5.92 Å². The highest BCUT2D eigenvalue weighted by Gasteiger charge is 2.39. The van der Waals surface area contributed by atoms with Gasteiger partial charge in [0.15, 0.2) is 0 Å². The Morgan fingerprint density at radius 1 is 1.09 bits per heavy atom. The molecular formula is C31H47NO3. The number of benzene rings is 1. The standard InChI is InChI=1S/C31H47NO3/c1-6-7-9-13-22(2)23(3)24-20-27(34-29(33)16-19-32-17-10-8-11-18-32)30-25-14-12-15-26(25)31(4,5)35-28(30)21-24/h20-23H,6-19H2,1-5H3. The van der Waals surface area contributed by atoms with E-state index in [9.17, 15) is 4.79 Å². The van der Waals surface area contributed by atoms with E-state index in [2.05, 4.69) is 51.7 Å². The molecule has 1 aromatic rings. The fraction of sp³-hybridized carbons (Fsp3) is 0.710. The number of fused-ring (bicyclic) bond motifs is 2. The summed E-state index contributed by atoms with van der Waals surface area (Å²) >= 11 is 0. The third-order valence-corrected chi connectivity index (χ3v) is 8.65. The van der Waals surface area contributed by atoms with Gasteiger partial charge in [-0.1, -0.05) is 52.9 Å². The van der Waals surface area contributed by atoms with Crippen molar-refractivity contribution >= 4 is 11.5 Å². The van der Waals surface area contributed by atoms with Gasteiger partial charge in [-0.25, -0.2) is 0 Å². The van der Waals surface area contributed by atoms with Crippen LogP contribution < -0.4 is 9.47 Å². The lowest BCUT2D eigenvalue weighted by atomic mass is 9.82. The maximum atomic E-state index is 13.0. The molecule has 2 aliphatic heterocycles. The molecule has 0 aromatic heterocycles. The predicted octanol–water partition coefficient (Wildman–Crippen LogP) is 7.90. The molecule has 1 aliphatic carbocycles. The van der Waals surface area contributed by atoms with E-state index in [0.29, 0.717) is 18.3 Å². The quantitative estimate of drug-likeness (QED) is 0.193. The first-order valence-electron chi connectivity index (χ1n) is 14.3. The zero-order chi connectivity index (χ0) is 25.0. The van der Waals surface area contributed by atoms with Crippen LogP contribution in [-0.2, 0) is 4.79 Å². The van der Waals surface area contributed by atoms with E-state index in [1.807, 2.05) is 0 Å². The molecule has 2 heterocycles. The molecule has 2 atom stereocenters. The van der Waals surface area contributed by atoms with Gasteiger partial charge in [0.2, 0.25) is 0 Å². The Kier molecular flexibility index (Phi) is 8.63. The van der Waals surface area contributed by atoms with Gasteiger partial charge in [-0.2, -0.15) is 0 Å². The van der Waals surface area contributed by atoms with Gasteiger partial charge >= 0.3 is 5.97 Å². The number of hydrogen-bond acceptors (Lipinski definition) is 4. The Labute approximate surface area is 213 Å². The van der Waals surface area contributed by atoms with E-state index in [0.717, 1.165) is 56.0 Å². The van der Waals surface area contributed by atoms with E-state index in [1.165, 1.54) is 61.7 Å². The molecular weight excluding hydrogens is 434 g/mol. The molecule has 1 aromatic carbocycles. The summed E-state index contributed by atoms with van der Waals surface area (Å²) in [5.74, 6) is 2.45. The highest BCUT2D eigenvalue weighted by molar-refractivity contribution is 5.84. The lowest BCUT2D eigenvalue weighted by molar-refractivity contribution is -0.134. The topological polar surface area (TPSA) is 38.8 Å². The van der Waals surface area contributed by atoms with Crippen molar-refractivity contribution in [1.82, 2.24) is 4.90 Å². The van der Waals surface area contributed by atoms with Crippen molar-refractivity contribution in [3.05, 3.63) is 28.8 Å². The number of unbranched alkanes of at least 4 members (excludes halogenated alkanes) is 2. The molecule has 4 rings (SSSR count). The minimum absolute atomic E-state index is 0.122. The molecule has 0 radical (unpaired) electrons. The normalized spacial score (nSPS) is 21.2. The molecule has 194 valence electrons. The number of rotatable bonds is 10. The van der Waals surface area contributed by atoms with Crippen molar-refractivity contribution in [2.24, 2.45) is 5.92 Å². The van der Waals surface area contributed by atoms with Crippen molar-refractivity contribution in [2.45, 2.75) is 117 Å². The van der Waals surface area contributed by atoms with Gasteiger partial charge < -0.3 is 14.4 Å². The van der Waals surface area contributed by atoms with Gasteiger partial charge in [-0.05, 0) is 99.7 Å². The van der Waals surface area contributed by atoms with Gasteiger partial charge in [0.05, 0.1) is 12.0 Å². The molecule has 2 unspecified atom stereocenters. The molecule has 0 amide bonds. The minimum Gasteiger partial charge on any atom is -0.483 e. The third-order valence-electron chi connectivity index (χ3n) is 8.65. The summed E-state index contributed by atoms with van der Waals surface area (Å²) in [7, 11) is 0. The Hall–Kier alpha value is -1.81. The van der Waals surface area contributed by atoms with Gasteiger partial charge in [-0.15, -0.1) is 0 Å². The Morgan fingerprint density at radius 3 is 2.60 bits per heavy atom. The second-order valence-electron chi connectivity index (χ2n) is 11.7. The first-order valence-corrected chi connectivity index (χ1v) is 14.3. The van der Waals surface area contributed by atoms with Crippen molar-refractivity contribution in [1.29, 1.82) is 0 Å². The Bertz CT molecular complexity index is 925. The van der Waals surface area contributed by atoms with Crippen LogP contribution in [-0.4, -0.2) is 36.1 Å². The summed E-state index contributed by atoms with van der Waals surface area (Å²) in [6, 6.07) is 4.40. The second kappa shape index (κ2) is 11.5. The third kappa shape index (κ3) is 6.13. The highest BCUT2D eigenvalue weighted by Crippen LogP contribution is 2.52. The van der Waals surface area contributed by atoms with Crippen molar-refractivity contribution < 1.29 is 14.3 Å². The fourth-order valence-corrected chi connectivity index (χ4v) is 6.25. The van der Waals surface area contributed by atoms with Gasteiger partial charge in [0.25, 0.3) is 0 Å². The number of likely N-dealkylation sites (tertiary alicyclic amines) is 1. The van der Waals surface area contributed by atoms with Gasteiger partial charge in [0.1, 0.15) is 17.1 Å². The van der Waals surface area contributed by atoms with E-state index in [4.69, 9.17) is 9.47 Å². The maximum Gasteiger partial charge on any atom is 0.312 e. The van der Waals surface area contributed by atoms with Gasteiger partial charge in [-0.3, -0.25) is 4.79 Å². The van der Waals surface area contributed by atoms with Crippen LogP contribution in [0.2, 0.25) is 0 Å². The molecule has 1 fully saturated rings. The molecule has 4 heteroatoms. The monoisotopic (exact) mass is 481 g/mol. The largest absolute Gasteiger partial charge is 0.483 e.